The summed E-state index contributed by atoms with van der Waals surface area (Å²) in [6.45, 7) is 5.65. The van der Waals surface area contributed by atoms with Crippen LogP contribution in [0.4, 0.5) is 4.39 Å². The molecule has 0 unspecified atom stereocenters. The number of rotatable bonds is 8. The first-order chi connectivity index (χ1) is 17.5. The fourth-order valence-electron chi connectivity index (χ4n) is 4.79. The highest BCUT2D eigenvalue weighted by Crippen LogP contribution is 2.34. The van der Waals surface area contributed by atoms with Crippen molar-refractivity contribution in [2.45, 2.75) is 52.0 Å². The minimum Gasteiger partial charge on any atom is -0.493 e. The first-order valence-corrected chi connectivity index (χ1v) is 13.0. The van der Waals surface area contributed by atoms with Crippen LogP contribution in [0.1, 0.15) is 54.5 Å². The Bertz CT molecular complexity index is 1190. The predicted octanol–water partition coefficient (Wildman–Crippen LogP) is 5.62. The number of nitrogens with one attached hydrogen (secondary N) is 1. The third-order valence-corrected chi connectivity index (χ3v) is 7.14. The van der Waals surface area contributed by atoms with Gasteiger partial charge in [0.2, 0.25) is 0 Å². The Kier molecular flexibility index (Phi) is 8.95. The third-order valence-electron chi connectivity index (χ3n) is 7.14. The SMILES string of the molecule is CNC.Cc1c(OCC2CC2)ccc2c(CCC3CCN(Cc4ccc(F)c(C#N)c4)CC3)noc12. The quantitative estimate of drug-likeness (QED) is 0.440. The Balaban J connectivity index is 0.000000967. The number of nitrogens with zero attached hydrogens (tertiary/aromatic N) is 3. The van der Waals surface area contributed by atoms with Gasteiger partial charge in [-0.3, -0.25) is 4.90 Å². The molecule has 0 radical (unpaired) electrons. The van der Waals surface area contributed by atoms with Gasteiger partial charge in [0.15, 0.2) is 5.58 Å². The summed E-state index contributed by atoms with van der Waals surface area (Å²) >= 11 is 0. The molecule has 2 aliphatic rings. The molecule has 2 heterocycles. The second-order valence-electron chi connectivity index (χ2n) is 10.1. The lowest BCUT2D eigenvalue weighted by Gasteiger charge is -2.32. The van der Waals surface area contributed by atoms with Crippen LogP contribution in [0.15, 0.2) is 34.9 Å². The van der Waals surface area contributed by atoms with E-state index in [1.807, 2.05) is 20.2 Å². The second-order valence-corrected chi connectivity index (χ2v) is 10.1. The number of halogens is 1. The molecule has 0 bridgehead atoms. The number of ether oxygens (including phenoxy) is 1. The lowest BCUT2D eigenvalue weighted by Crippen LogP contribution is -2.33. The van der Waals surface area contributed by atoms with E-state index in [9.17, 15) is 4.39 Å². The minimum atomic E-state index is -0.447. The van der Waals surface area contributed by atoms with Gasteiger partial charge in [0.25, 0.3) is 0 Å². The summed E-state index contributed by atoms with van der Waals surface area (Å²) < 4.78 is 25.2. The highest BCUT2D eigenvalue weighted by Gasteiger charge is 2.24. The maximum atomic E-state index is 13.6. The van der Waals surface area contributed by atoms with Crippen LogP contribution in [0.2, 0.25) is 0 Å². The maximum absolute atomic E-state index is 13.6. The number of hydrogen-bond acceptors (Lipinski definition) is 6. The van der Waals surface area contributed by atoms with Crippen LogP contribution < -0.4 is 10.1 Å². The number of benzene rings is 2. The van der Waals surface area contributed by atoms with Gasteiger partial charge in [-0.05, 0) is 114 Å². The molecule has 7 heteroatoms. The molecule has 2 fully saturated rings. The number of likely N-dealkylation sites (tertiary alicyclic amines) is 1. The van der Waals surface area contributed by atoms with Gasteiger partial charge in [0, 0.05) is 17.5 Å². The van der Waals surface area contributed by atoms with Gasteiger partial charge < -0.3 is 14.6 Å². The normalized spacial score (nSPS) is 16.4. The van der Waals surface area contributed by atoms with E-state index in [-0.39, 0.29) is 5.56 Å². The standard InChI is InChI=1S/C27H30FN3O2.C2H7N/c1-18-26(32-17-20-2-3-20)9-6-23-25(30-33-27(18)23)8-5-19-10-12-31(13-11-19)16-21-4-7-24(28)22(14-21)15-29;1-3-2/h4,6-7,9,14,19-20H,2-3,5,8,10-13,16-17H2,1H3;3H,1-2H3. The molecule has 1 aliphatic carbocycles. The van der Waals surface area contributed by atoms with E-state index in [4.69, 9.17) is 14.5 Å². The number of aryl methyl sites for hydroxylation is 2. The molecule has 2 aromatic carbocycles. The Morgan fingerprint density at radius 3 is 2.58 bits per heavy atom. The number of hydrogen-bond donors (Lipinski definition) is 1. The van der Waals surface area contributed by atoms with Crippen LogP contribution in [-0.2, 0) is 13.0 Å². The van der Waals surface area contributed by atoms with E-state index in [2.05, 4.69) is 34.4 Å². The monoisotopic (exact) mass is 492 g/mol. The zero-order valence-electron chi connectivity index (χ0n) is 21.6. The molecule has 1 saturated carbocycles. The van der Waals surface area contributed by atoms with Crippen molar-refractivity contribution in [3.05, 3.63) is 58.5 Å². The second kappa shape index (κ2) is 12.3. The molecule has 5 rings (SSSR count). The number of aromatic nitrogens is 1. The summed E-state index contributed by atoms with van der Waals surface area (Å²) in [4.78, 5) is 2.39. The van der Waals surface area contributed by atoms with Crippen molar-refractivity contribution in [3.8, 4) is 11.8 Å². The van der Waals surface area contributed by atoms with E-state index < -0.39 is 5.82 Å². The Morgan fingerprint density at radius 2 is 1.89 bits per heavy atom. The van der Waals surface area contributed by atoms with Crippen molar-refractivity contribution < 1.29 is 13.7 Å². The van der Waals surface area contributed by atoms with Gasteiger partial charge in [-0.15, -0.1) is 0 Å². The van der Waals surface area contributed by atoms with Crippen molar-refractivity contribution in [2.24, 2.45) is 11.8 Å². The third kappa shape index (κ3) is 6.63. The van der Waals surface area contributed by atoms with Crippen LogP contribution in [0.3, 0.4) is 0 Å². The average Bonchev–Trinajstić information content (AvgIpc) is 3.62. The molecule has 0 atom stereocenters. The first kappa shape index (κ1) is 26.1. The molecule has 0 spiro atoms. The first-order valence-electron chi connectivity index (χ1n) is 13.0. The summed E-state index contributed by atoms with van der Waals surface area (Å²) in [5.41, 5.74) is 4.06. The van der Waals surface area contributed by atoms with Crippen LogP contribution in [0.5, 0.6) is 5.75 Å². The van der Waals surface area contributed by atoms with Crippen molar-refractivity contribution in [1.29, 1.82) is 5.26 Å². The van der Waals surface area contributed by atoms with Gasteiger partial charge in [0.05, 0.1) is 17.9 Å². The topological polar surface area (TPSA) is 74.3 Å². The van der Waals surface area contributed by atoms with Crippen LogP contribution >= 0.6 is 0 Å². The molecule has 1 aromatic heterocycles. The lowest BCUT2D eigenvalue weighted by atomic mass is 9.91. The van der Waals surface area contributed by atoms with Crippen LogP contribution in [0.25, 0.3) is 11.0 Å². The molecule has 1 aliphatic heterocycles. The average molecular weight is 493 g/mol. The van der Waals surface area contributed by atoms with Crippen LogP contribution in [-0.4, -0.2) is 43.8 Å². The van der Waals surface area contributed by atoms with Gasteiger partial charge >= 0.3 is 0 Å². The fourth-order valence-corrected chi connectivity index (χ4v) is 4.79. The zero-order valence-corrected chi connectivity index (χ0v) is 21.6. The summed E-state index contributed by atoms with van der Waals surface area (Å²) in [6.07, 6.45) is 6.86. The highest BCUT2D eigenvalue weighted by atomic mass is 19.1. The lowest BCUT2D eigenvalue weighted by molar-refractivity contribution is 0.172. The largest absolute Gasteiger partial charge is 0.493 e. The molecular formula is C29H37FN4O2. The van der Waals surface area contributed by atoms with Gasteiger partial charge in [0.1, 0.15) is 17.6 Å². The fraction of sp³-hybridized carbons (Fsp3) is 0.517. The molecule has 1 saturated heterocycles. The van der Waals surface area contributed by atoms with Gasteiger partial charge in [-0.1, -0.05) is 11.2 Å². The Labute approximate surface area is 213 Å². The molecule has 36 heavy (non-hydrogen) atoms. The number of fused-ring (bicyclic) bond motifs is 1. The van der Waals surface area contributed by atoms with Crippen molar-refractivity contribution in [1.82, 2.24) is 15.4 Å². The van der Waals surface area contributed by atoms with Gasteiger partial charge in [-0.25, -0.2) is 4.39 Å². The summed E-state index contributed by atoms with van der Waals surface area (Å²) in [7, 11) is 3.75. The summed E-state index contributed by atoms with van der Waals surface area (Å²) in [6, 6.07) is 10.9. The molecule has 1 N–H and O–H groups in total. The minimum absolute atomic E-state index is 0.124. The van der Waals surface area contributed by atoms with E-state index in [1.165, 1.54) is 18.9 Å². The predicted molar refractivity (Wildman–Crippen MR) is 139 cm³/mol. The summed E-state index contributed by atoms with van der Waals surface area (Å²) in [5.74, 6) is 1.85. The smallest absolute Gasteiger partial charge is 0.173 e. The van der Waals surface area contributed by atoms with E-state index in [0.29, 0.717) is 5.92 Å². The molecule has 192 valence electrons. The van der Waals surface area contributed by atoms with Crippen molar-refractivity contribution >= 4 is 11.0 Å². The number of piperidine rings is 1. The molecule has 6 nitrogen and oxygen atoms in total. The highest BCUT2D eigenvalue weighted by molar-refractivity contribution is 5.84. The Morgan fingerprint density at radius 1 is 1.14 bits per heavy atom. The van der Waals surface area contributed by atoms with Crippen molar-refractivity contribution in [2.75, 3.05) is 33.8 Å². The number of nitriles is 1. The zero-order chi connectivity index (χ0) is 25.5. The molecule has 3 aromatic rings. The summed E-state index contributed by atoms with van der Waals surface area (Å²) in [5, 5.41) is 17.3. The van der Waals surface area contributed by atoms with E-state index in [1.54, 1.807) is 12.1 Å². The maximum Gasteiger partial charge on any atom is 0.173 e. The van der Waals surface area contributed by atoms with E-state index in [0.717, 1.165) is 91.4 Å². The van der Waals surface area contributed by atoms with Crippen molar-refractivity contribution in [3.63, 3.8) is 0 Å². The molecular weight excluding hydrogens is 455 g/mol. The molecule has 0 amide bonds. The Hall–Kier alpha value is -2.95. The van der Waals surface area contributed by atoms with Crippen LogP contribution in [0, 0.1) is 35.9 Å². The van der Waals surface area contributed by atoms with E-state index >= 15 is 0 Å². The van der Waals surface area contributed by atoms with Gasteiger partial charge in [-0.2, -0.15) is 5.26 Å².